The van der Waals surface area contributed by atoms with Gasteiger partial charge in [0.05, 0.1) is 17.1 Å². The second-order valence-electron chi connectivity index (χ2n) is 8.28. The largest absolute Gasteiger partial charge is 0.487 e. The summed E-state index contributed by atoms with van der Waals surface area (Å²) in [5.74, 6) is 0.876. The molecule has 5 aromatic rings. The molecule has 0 aliphatic carbocycles. The van der Waals surface area contributed by atoms with Crippen LogP contribution in [0.5, 0.6) is 5.75 Å². The molecule has 2 aromatic heterocycles. The Labute approximate surface area is 213 Å². The molecule has 0 unspecified atom stereocenters. The van der Waals surface area contributed by atoms with E-state index in [1.165, 1.54) is 24.0 Å². The smallest absolute Gasteiger partial charge is 0.141 e. The molecule has 0 bridgehead atoms. The Bertz CT molecular complexity index is 1500. The zero-order valence-corrected chi connectivity index (χ0v) is 20.4. The van der Waals surface area contributed by atoms with Crippen LogP contribution in [0.25, 0.3) is 16.6 Å². The molecular formula is C28H24ClFN4O2. The van der Waals surface area contributed by atoms with Crippen LogP contribution in [-0.2, 0) is 17.8 Å². The van der Waals surface area contributed by atoms with Crippen molar-refractivity contribution >= 4 is 34.0 Å². The first-order valence-corrected chi connectivity index (χ1v) is 11.8. The number of rotatable bonds is 9. The van der Waals surface area contributed by atoms with Crippen LogP contribution < -0.4 is 10.1 Å². The van der Waals surface area contributed by atoms with Crippen molar-refractivity contribution in [2.75, 3.05) is 19.0 Å². The van der Waals surface area contributed by atoms with Gasteiger partial charge in [-0.3, -0.25) is 0 Å². The van der Waals surface area contributed by atoms with Crippen LogP contribution in [0.1, 0.15) is 11.1 Å². The molecule has 0 amide bonds. The molecule has 36 heavy (non-hydrogen) atoms. The number of halogens is 2. The van der Waals surface area contributed by atoms with Gasteiger partial charge in [0.2, 0.25) is 0 Å². The molecule has 0 fully saturated rings. The van der Waals surface area contributed by atoms with Crippen LogP contribution in [0, 0.1) is 5.82 Å². The molecule has 8 heteroatoms. The van der Waals surface area contributed by atoms with E-state index in [1.54, 1.807) is 31.4 Å². The number of hydrogen-bond acceptors (Lipinski definition) is 5. The van der Waals surface area contributed by atoms with E-state index in [2.05, 4.69) is 38.2 Å². The van der Waals surface area contributed by atoms with E-state index in [1.807, 2.05) is 24.4 Å². The van der Waals surface area contributed by atoms with Gasteiger partial charge in [-0.05, 0) is 72.1 Å². The van der Waals surface area contributed by atoms with Crippen molar-refractivity contribution in [1.82, 2.24) is 14.5 Å². The standard InChI is InChI=1S/C28H24ClFN4O2/c1-35-12-10-19-9-11-34(16-19)23-6-7-26-24(15-23)28(32-18-31-26)33-22-5-8-27(25(29)14-22)36-17-20-3-2-4-21(30)13-20/h2-9,11,13-16,18H,10,12,17H2,1H3,(H,31,32,33). The molecule has 0 atom stereocenters. The Morgan fingerprint density at radius 2 is 1.92 bits per heavy atom. The van der Waals surface area contributed by atoms with E-state index in [-0.39, 0.29) is 12.4 Å². The Morgan fingerprint density at radius 1 is 1.00 bits per heavy atom. The average molecular weight is 503 g/mol. The maximum atomic E-state index is 13.4. The summed E-state index contributed by atoms with van der Waals surface area (Å²) in [6.07, 6.45) is 6.52. The van der Waals surface area contributed by atoms with Gasteiger partial charge < -0.3 is 19.4 Å². The Morgan fingerprint density at radius 3 is 2.75 bits per heavy atom. The lowest BCUT2D eigenvalue weighted by Crippen LogP contribution is -1.99. The van der Waals surface area contributed by atoms with Gasteiger partial charge >= 0.3 is 0 Å². The molecule has 0 radical (unpaired) electrons. The number of nitrogens with one attached hydrogen (secondary N) is 1. The summed E-state index contributed by atoms with van der Waals surface area (Å²) in [5.41, 5.74) is 4.51. The lowest BCUT2D eigenvalue weighted by atomic mass is 10.2. The summed E-state index contributed by atoms with van der Waals surface area (Å²) in [6.45, 7) is 0.900. The lowest BCUT2D eigenvalue weighted by Gasteiger charge is -2.13. The highest BCUT2D eigenvalue weighted by Gasteiger charge is 2.10. The minimum atomic E-state index is -0.301. The highest BCUT2D eigenvalue weighted by atomic mass is 35.5. The van der Waals surface area contributed by atoms with Crippen LogP contribution in [0.4, 0.5) is 15.9 Å². The molecular weight excluding hydrogens is 479 g/mol. The number of anilines is 2. The zero-order chi connectivity index (χ0) is 24.9. The third-order valence-electron chi connectivity index (χ3n) is 5.74. The van der Waals surface area contributed by atoms with Crippen molar-refractivity contribution in [3.8, 4) is 11.4 Å². The fraction of sp³-hybridized carbons (Fsp3) is 0.143. The fourth-order valence-electron chi connectivity index (χ4n) is 3.89. The van der Waals surface area contributed by atoms with Gasteiger partial charge in [0.15, 0.2) is 0 Å². The number of fused-ring (bicyclic) bond motifs is 1. The molecule has 0 aliphatic heterocycles. The summed E-state index contributed by atoms with van der Waals surface area (Å²) >= 11 is 6.47. The monoisotopic (exact) mass is 502 g/mol. The van der Waals surface area contributed by atoms with Gasteiger partial charge in [0, 0.05) is 36.3 Å². The van der Waals surface area contributed by atoms with Crippen molar-refractivity contribution < 1.29 is 13.9 Å². The summed E-state index contributed by atoms with van der Waals surface area (Å²) in [6, 6.07) is 19.8. The second-order valence-corrected chi connectivity index (χ2v) is 8.69. The molecule has 5 rings (SSSR count). The van der Waals surface area contributed by atoms with Crippen LogP contribution in [-0.4, -0.2) is 28.3 Å². The van der Waals surface area contributed by atoms with E-state index in [4.69, 9.17) is 21.1 Å². The summed E-state index contributed by atoms with van der Waals surface area (Å²) < 4.78 is 26.4. The van der Waals surface area contributed by atoms with Gasteiger partial charge in [0.25, 0.3) is 0 Å². The third-order valence-corrected chi connectivity index (χ3v) is 6.04. The number of ether oxygens (including phenoxy) is 2. The lowest BCUT2D eigenvalue weighted by molar-refractivity contribution is 0.202. The van der Waals surface area contributed by atoms with Crippen molar-refractivity contribution in [2.45, 2.75) is 13.0 Å². The summed E-state index contributed by atoms with van der Waals surface area (Å²) in [7, 11) is 1.70. The highest BCUT2D eigenvalue weighted by Crippen LogP contribution is 2.31. The first kappa shape index (κ1) is 23.8. The molecule has 6 nitrogen and oxygen atoms in total. The SMILES string of the molecule is COCCc1ccn(-c2ccc3ncnc(Nc4ccc(OCc5cccc(F)c5)c(Cl)c4)c3c2)c1. The van der Waals surface area contributed by atoms with Crippen LogP contribution >= 0.6 is 11.6 Å². The van der Waals surface area contributed by atoms with Crippen molar-refractivity contribution in [3.05, 3.63) is 107 Å². The third kappa shape index (κ3) is 5.48. The van der Waals surface area contributed by atoms with E-state index < -0.39 is 0 Å². The van der Waals surface area contributed by atoms with Crippen molar-refractivity contribution in [3.63, 3.8) is 0 Å². The Kier molecular flexibility index (Phi) is 7.11. The Hall–Kier alpha value is -3.94. The minimum Gasteiger partial charge on any atom is -0.487 e. The van der Waals surface area contributed by atoms with Gasteiger partial charge in [-0.15, -0.1) is 0 Å². The minimum absolute atomic E-state index is 0.218. The molecule has 0 spiro atoms. The first-order chi connectivity index (χ1) is 17.6. The van der Waals surface area contributed by atoms with E-state index in [0.29, 0.717) is 23.2 Å². The normalized spacial score (nSPS) is 11.1. The number of benzene rings is 3. The number of nitrogens with zero attached hydrogens (tertiary/aromatic N) is 3. The predicted molar refractivity (Wildman–Crippen MR) is 140 cm³/mol. The molecule has 0 saturated heterocycles. The van der Waals surface area contributed by atoms with E-state index >= 15 is 0 Å². The second kappa shape index (κ2) is 10.8. The molecule has 1 N–H and O–H groups in total. The number of aromatic nitrogens is 3. The number of hydrogen-bond donors (Lipinski definition) is 1. The molecule has 182 valence electrons. The molecule has 0 aliphatic rings. The van der Waals surface area contributed by atoms with E-state index in [9.17, 15) is 4.39 Å². The molecule has 3 aromatic carbocycles. The fourth-order valence-corrected chi connectivity index (χ4v) is 4.13. The van der Waals surface area contributed by atoms with Crippen molar-refractivity contribution in [2.24, 2.45) is 0 Å². The molecule has 0 saturated carbocycles. The topological polar surface area (TPSA) is 61.2 Å². The van der Waals surface area contributed by atoms with Gasteiger partial charge in [-0.1, -0.05) is 23.7 Å². The quantitative estimate of drug-likeness (QED) is 0.242. The highest BCUT2D eigenvalue weighted by molar-refractivity contribution is 6.32. The van der Waals surface area contributed by atoms with Gasteiger partial charge in [-0.2, -0.15) is 0 Å². The molecule has 2 heterocycles. The van der Waals surface area contributed by atoms with E-state index in [0.717, 1.165) is 34.3 Å². The first-order valence-electron chi connectivity index (χ1n) is 11.4. The van der Waals surface area contributed by atoms with Gasteiger partial charge in [-0.25, -0.2) is 14.4 Å². The Balaban J connectivity index is 1.35. The summed E-state index contributed by atoms with van der Waals surface area (Å²) in [4.78, 5) is 8.87. The van der Waals surface area contributed by atoms with Crippen LogP contribution in [0.2, 0.25) is 5.02 Å². The predicted octanol–water partition coefficient (Wildman–Crippen LogP) is 6.72. The van der Waals surface area contributed by atoms with Crippen LogP contribution in [0.3, 0.4) is 0 Å². The van der Waals surface area contributed by atoms with Crippen molar-refractivity contribution in [1.29, 1.82) is 0 Å². The zero-order valence-electron chi connectivity index (χ0n) is 19.6. The number of methoxy groups -OCH3 is 1. The maximum Gasteiger partial charge on any atom is 0.141 e. The van der Waals surface area contributed by atoms with Crippen LogP contribution in [0.15, 0.2) is 85.5 Å². The average Bonchev–Trinajstić information content (AvgIpc) is 3.36. The van der Waals surface area contributed by atoms with Gasteiger partial charge in [0.1, 0.15) is 30.3 Å². The maximum absolute atomic E-state index is 13.4. The summed E-state index contributed by atoms with van der Waals surface area (Å²) in [5, 5.41) is 4.66.